The second-order valence-electron chi connectivity index (χ2n) is 3.84. The van der Waals surface area contributed by atoms with Crippen molar-refractivity contribution in [3.05, 3.63) is 11.4 Å². The average molecular weight is 305 g/mol. The number of aromatic nitrogens is 2. The van der Waals surface area contributed by atoms with Crippen molar-refractivity contribution >= 4 is 22.0 Å². The molecule has 0 aliphatic heterocycles. The van der Waals surface area contributed by atoms with Crippen molar-refractivity contribution in [3.63, 3.8) is 0 Å². The van der Waals surface area contributed by atoms with Gasteiger partial charge in [-0.25, -0.2) is 13.2 Å². The van der Waals surface area contributed by atoms with Gasteiger partial charge in [-0.2, -0.15) is 9.40 Å². The third kappa shape index (κ3) is 2.96. The SMILES string of the molecule is CCN(CC(=O)OC)S(=O)(=O)c1c(C(=O)O)n[nH]c1C. The number of nitrogens with one attached hydrogen (secondary N) is 1. The second-order valence-corrected chi connectivity index (χ2v) is 5.71. The molecule has 1 rings (SSSR count). The summed E-state index contributed by atoms with van der Waals surface area (Å²) in [5.74, 6) is -2.21. The van der Waals surface area contributed by atoms with Gasteiger partial charge in [-0.05, 0) is 6.92 Å². The number of carbonyl (C=O) groups is 2. The molecule has 0 aliphatic carbocycles. The van der Waals surface area contributed by atoms with Gasteiger partial charge in [0.1, 0.15) is 11.4 Å². The van der Waals surface area contributed by atoms with E-state index in [9.17, 15) is 18.0 Å². The minimum Gasteiger partial charge on any atom is -0.476 e. The number of aromatic amines is 1. The standard InChI is InChI=1S/C10H15N3O6S/c1-4-13(5-7(14)19-3)20(17,18)9-6(2)11-12-8(9)10(15)16/h4-5H2,1-3H3,(H,11,12)(H,15,16). The van der Waals surface area contributed by atoms with Crippen LogP contribution in [0.2, 0.25) is 0 Å². The number of hydrogen-bond acceptors (Lipinski definition) is 6. The maximum Gasteiger partial charge on any atom is 0.357 e. The molecule has 0 unspecified atom stereocenters. The first-order valence-corrected chi connectivity index (χ1v) is 7.04. The van der Waals surface area contributed by atoms with Crippen LogP contribution in [-0.4, -0.2) is 60.2 Å². The molecule has 0 amide bonds. The van der Waals surface area contributed by atoms with Gasteiger partial charge in [0.05, 0.1) is 12.8 Å². The summed E-state index contributed by atoms with van der Waals surface area (Å²) < 4.78 is 30.1. The molecule has 1 aromatic heterocycles. The number of H-pyrrole nitrogens is 1. The Kier molecular flexibility index (Phi) is 4.84. The highest BCUT2D eigenvalue weighted by molar-refractivity contribution is 7.89. The summed E-state index contributed by atoms with van der Waals surface area (Å²) in [6, 6.07) is 0. The Morgan fingerprint density at radius 1 is 1.45 bits per heavy atom. The van der Waals surface area contributed by atoms with Crippen LogP contribution in [0.25, 0.3) is 0 Å². The third-order valence-electron chi connectivity index (χ3n) is 2.58. The first-order chi connectivity index (χ1) is 9.25. The number of sulfonamides is 1. The molecule has 0 bridgehead atoms. The quantitative estimate of drug-likeness (QED) is 0.684. The van der Waals surface area contributed by atoms with E-state index in [1.807, 2.05) is 0 Å². The van der Waals surface area contributed by atoms with E-state index >= 15 is 0 Å². The maximum atomic E-state index is 12.4. The number of methoxy groups -OCH3 is 1. The van der Waals surface area contributed by atoms with Gasteiger partial charge >= 0.3 is 11.9 Å². The van der Waals surface area contributed by atoms with Crippen LogP contribution >= 0.6 is 0 Å². The molecule has 0 fully saturated rings. The summed E-state index contributed by atoms with van der Waals surface area (Å²) in [5, 5.41) is 14.7. The van der Waals surface area contributed by atoms with Crippen molar-refractivity contribution in [1.82, 2.24) is 14.5 Å². The maximum absolute atomic E-state index is 12.4. The van der Waals surface area contributed by atoms with E-state index in [1.54, 1.807) is 0 Å². The molecular weight excluding hydrogens is 290 g/mol. The van der Waals surface area contributed by atoms with Crippen molar-refractivity contribution < 1.29 is 27.9 Å². The Labute approximate surface area is 115 Å². The number of aromatic carboxylic acids is 1. The zero-order chi connectivity index (χ0) is 15.5. The van der Waals surface area contributed by atoms with Crippen LogP contribution in [0.5, 0.6) is 0 Å². The fraction of sp³-hybridized carbons (Fsp3) is 0.500. The zero-order valence-electron chi connectivity index (χ0n) is 11.2. The number of carboxylic acid groups (broad SMARTS) is 1. The Morgan fingerprint density at radius 2 is 2.05 bits per heavy atom. The predicted octanol–water partition coefficient (Wildman–Crippen LogP) is -0.400. The number of rotatable bonds is 6. The molecule has 9 nitrogen and oxygen atoms in total. The molecule has 112 valence electrons. The van der Waals surface area contributed by atoms with E-state index in [0.717, 1.165) is 11.4 Å². The summed E-state index contributed by atoms with van der Waals surface area (Å²) in [4.78, 5) is 21.8. The van der Waals surface area contributed by atoms with Gasteiger partial charge in [-0.3, -0.25) is 9.89 Å². The highest BCUT2D eigenvalue weighted by Crippen LogP contribution is 2.22. The van der Waals surface area contributed by atoms with Crippen LogP contribution in [0, 0.1) is 6.92 Å². The van der Waals surface area contributed by atoms with Crippen LogP contribution < -0.4 is 0 Å². The highest BCUT2D eigenvalue weighted by Gasteiger charge is 2.33. The van der Waals surface area contributed by atoms with Gasteiger partial charge in [-0.1, -0.05) is 6.92 Å². The topological polar surface area (TPSA) is 130 Å². The van der Waals surface area contributed by atoms with Crippen molar-refractivity contribution in [3.8, 4) is 0 Å². The van der Waals surface area contributed by atoms with Gasteiger partial charge in [0.15, 0.2) is 5.69 Å². The highest BCUT2D eigenvalue weighted by atomic mass is 32.2. The molecule has 0 saturated heterocycles. The monoisotopic (exact) mass is 305 g/mol. The fourth-order valence-corrected chi connectivity index (χ4v) is 3.27. The lowest BCUT2D eigenvalue weighted by atomic mass is 10.4. The molecule has 20 heavy (non-hydrogen) atoms. The molecule has 0 saturated carbocycles. The van der Waals surface area contributed by atoms with Gasteiger partial charge in [0.2, 0.25) is 10.0 Å². The number of ether oxygens (including phenoxy) is 1. The molecule has 2 N–H and O–H groups in total. The molecule has 0 aromatic carbocycles. The van der Waals surface area contributed by atoms with E-state index in [4.69, 9.17) is 5.11 Å². The van der Waals surface area contributed by atoms with Crippen LogP contribution in [0.1, 0.15) is 23.1 Å². The molecule has 10 heteroatoms. The van der Waals surface area contributed by atoms with E-state index in [-0.39, 0.29) is 12.2 Å². The third-order valence-corrected chi connectivity index (χ3v) is 4.66. The molecule has 1 heterocycles. The number of carbonyl (C=O) groups excluding carboxylic acids is 1. The summed E-state index contributed by atoms with van der Waals surface area (Å²) in [5.41, 5.74) is -0.517. The summed E-state index contributed by atoms with van der Waals surface area (Å²) >= 11 is 0. The first-order valence-electron chi connectivity index (χ1n) is 5.60. The molecule has 0 spiro atoms. The molecule has 1 aromatic rings. The van der Waals surface area contributed by atoms with Crippen LogP contribution in [-0.2, 0) is 19.6 Å². The number of esters is 1. The lowest BCUT2D eigenvalue weighted by Gasteiger charge is -2.19. The normalized spacial score (nSPS) is 11.6. The Balaban J connectivity index is 3.31. The summed E-state index contributed by atoms with van der Waals surface area (Å²) in [6.07, 6.45) is 0. The largest absolute Gasteiger partial charge is 0.476 e. The molecule has 0 radical (unpaired) electrons. The van der Waals surface area contributed by atoms with Crippen molar-refractivity contribution in [2.75, 3.05) is 20.2 Å². The Bertz CT molecular complexity index is 621. The first kappa shape index (κ1) is 16.1. The number of nitrogens with zero attached hydrogens (tertiary/aromatic N) is 2. The van der Waals surface area contributed by atoms with Crippen LogP contribution in [0.4, 0.5) is 0 Å². The van der Waals surface area contributed by atoms with Gasteiger partial charge in [-0.15, -0.1) is 0 Å². The Morgan fingerprint density at radius 3 is 2.50 bits per heavy atom. The fourth-order valence-electron chi connectivity index (χ4n) is 1.58. The minimum atomic E-state index is -4.16. The average Bonchev–Trinajstić information content (AvgIpc) is 2.78. The van der Waals surface area contributed by atoms with E-state index in [1.165, 1.54) is 13.8 Å². The van der Waals surface area contributed by atoms with Gasteiger partial charge < -0.3 is 9.84 Å². The lowest BCUT2D eigenvalue weighted by Crippen LogP contribution is -2.36. The summed E-state index contributed by atoms with van der Waals surface area (Å²) in [6.45, 7) is 2.40. The molecule has 0 aliphatic rings. The van der Waals surface area contributed by atoms with Crippen molar-refractivity contribution in [1.29, 1.82) is 0 Å². The number of carboxylic acids is 1. The van der Waals surface area contributed by atoms with Crippen molar-refractivity contribution in [2.24, 2.45) is 0 Å². The molecular formula is C10H15N3O6S. The number of hydrogen-bond donors (Lipinski definition) is 2. The summed E-state index contributed by atoms with van der Waals surface area (Å²) in [7, 11) is -3.03. The second kappa shape index (κ2) is 6.01. The van der Waals surface area contributed by atoms with E-state index < -0.39 is 39.1 Å². The Hall–Kier alpha value is -1.94. The van der Waals surface area contributed by atoms with Crippen LogP contribution in [0.3, 0.4) is 0 Å². The minimum absolute atomic E-state index is 0.0128. The zero-order valence-corrected chi connectivity index (χ0v) is 12.0. The van der Waals surface area contributed by atoms with Crippen molar-refractivity contribution in [2.45, 2.75) is 18.7 Å². The van der Waals surface area contributed by atoms with Gasteiger partial charge in [0, 0.05) is 6.54 Å². The lowest BCUT2D eigenvalue weighted by molar-refractivity contribution is -0.140. The number of aryl methyl sites for hydroxylation is 1. The molecule has 0 atom stereocenters. The van der Waals surface area contributed by atoms with Gasteiger partial charge in [0.25, 0.3) is 0 Å². The predicted molar refractivity (Wildman–Crippen MR) is 66.7 cm³/mol. The van der Waals surface area contributed by atoms with E-state index in [0.29, 0.717) is 0 Å². The smallest absolute Gasteiger partial charge is 0.357 e. The van der Waals surface area contributed by atoms with Crippen LogP contribution in [0.15, 0.2) is 4.90 Å². The van der Waals surface area contributed by atoms with E-state index in [2.05, 4.69) is 14.9 Å². The number of likely N-dealkylation sites (N-methyl/N-ethyl adjacent to an activating group) is 1.